The summed E-state index contributed by atoms with van der Waals surface area (Å²) >= 11 is 0. The first-order chi connectivity index (χ1) is 8.74. The second kappa shape index (κ2) is 4.75. The van der Waals surface area contributed by atoms with Crippen molar-refractivity contribution in [3.05, 3.63) is 35.6 Å². The van der Waals surface area contributed by atoms with Gasteiger partial charge in [-0.3, -0.25) is 0 Å². The Kier molecular flexibility index (Phi) is 3.10. The van der Waals surface area contributed by atoms with Crippen molar-refractivity contribution in [2.45, 2.75) is 25.9 Å². The van der Waals surface area contributed by atoms with Crippen LogP contribution >= 0.6 is 0 Å². The summed E-state index contributed by atoms with van der Waals surface area (Å²) in [4.78, 5) is 2.37. The average molecular weight is 244 g/mol. The van der Waals surface area contributed by atoms with Gasteiger partial charge in [-0.15, -0.1) is 0 Å². The van der Waals surface area contributed by atoms with Gasteiger partial charge in [-0.2, -0.15) is 0 Å². The maximum absolute atomic E-state index is 5.78. The molecule has 0 amide bonds. The Bertz CT molecular complexity index is 546. The first kappa shape index (κ1) is 11.8. The van der Waals surface area contributed by atoms with E-state index in [-0.39, 0.29) is 0 Å². The lowest BCUT2D eigenvalue weighted by Gasteiger charge is -2.12. The van der Waals surface area contributed by atoms with Crippen molar-refractivity contribution < 1.29 is 4.42 Å². The minimum atomic E-state index is 0.614. The van der Waals surface area contributed by atoms with Crippen molar-refractivity contribution in [2.75, 3.05) is 20.1 Å². The van der Waals surface area contributed by atoms with Gasteiger partial charge in [-0.1, -0.05) is 18.2 Å². The normalized spacial score (nSPS) is 20.9. The predicted molar refractivity (Wildman–Crippen MR) is 73.7 cm³/mol. The van der Waals surface area contributed by atoms with Gasteiger partial charge >= 0.3 is 0 Å². The van der Waals surface area contributed by atoms with Crippen molar-refractivity contribution in [1.82, 2.24) is 10.2 Å². The summed E-state index contributed by atoms with van der Waals surface area (Å²) in [7, 11) is 2.18. The Morgan fingerprint density at radius 3 is 3.00 bits per heavy atom. The summed E-state index contributed by atoms with van der Waals surface area (Å²) in [6, 6.07) is 8.89. The lowest BCUT2D eigenvalue weighted by atomic mass is 10.1. The molecule has 1 aliphatic heterocycles. The lowest BCUT2D eigenvalue weighted by Crippen LogP contribution is -2.31. The van der Waals surface area contributed by atoms with Crippen LogP contribution in [0.4, 0.5) is 0 Å². The SMILES string of the molecule is Cc1oc2ccccc2c1CNC1CCN(C)C1. The molecule has 1 aromatic heterocycles. The number of nitrogens with one attached hydrogen (secondary N) is 1. The smallest absolute Gasteiger partial charge is 0.134 e. The molecular formula is C15H20N2O. The van der Waals surface area contributed by atoms with E-state index in [1.54, 1.807) is 0 Å². The van der Waals surface area contributed by atoms with E-state index < -0.39 is 0 Å². The summed E-state index contributed by atoms with van der Waals surface area (Å²) in [5.41, 5.74) is 2.30. The van der Waals surface area contributed by atoms with Gasteiger partial charge in [0.2, 0.25) is 0 Å². The van der Waals surface area contributed by atoms with Crippen LogP contribution in [0.1, 0.15) is 17.7 Å². The molecule has 0 spiro atoms. The van der Waals surface area contributed by atoms with Crippen molar-refractivity contribution >= 4 is 11.0 Å². The number of hydrogen-bond acceptors (Lipinski definition) is 3. The Morgan fingerprint density at radius 1 is 1.39 bits per heavy atom. The molecule has 2 aromatic rings. The summed E-state index contributed by atoms with van der Waals surface area (Å²) < 4.78 is 5.78. The molecule has 1 fully saturated rings. The quantitative estimate of drug-likeness (QED) is 0.899. The third-order valence-electron chi connectivity index (χ3n) is 3.86. The molecule has 1 unspecified atom stereocenters. The molecule has 96 valence electrons. The monoisotopic (exact) mass is 244 g/mol. The molecule has 1 saturated heterocycles. The molecule has 0 radical (unpaired) electrons. The number of likely N-dealkylation sites (N-methyl/N-ethyl adjacent to an activating group) is 1. The third-order valence-corrected chi connectivity index (χ3v) is 3.86. The van der Waals surface area contributed by atoms with Gasteiger partial charge in [0.1, 0.15) is 11.3 Å². The van der Waals surface area contributed by atoms with E-state index in [0.29, 0.717) is 6.04 Å². The number of hydrogen-bond donors (Lipinski definition) is 1. The molecule has 2 heterocycles. The van der Waals surface area contributed by atoms with Crippen molar-refractivity contribution in [2.24, 2.45) is 0 Å². The standard InChI is InChI=1S/C15H20N2O/c1-11-14(9-16-12-7-8-17(2)10-12)13-5-3-4-6-15(13)18-11/h3-6,12,16H,7-10H2,1-2H3. The Labute approximate surface area is 108 Å². The molecule has 3 nitrogen and oxygen atoms in total. The van der Waals surface area contributed by atoms with Crippen LogP contribution in [0.5, 0.6) is 0 Å². The second-order valence-corrected chi connectivity index (χ2v) is 5.26. The van der Waals surface area contributed by atoms with Gasteiger partial charge in [0.25, 0.3) is 0 Å². The number of fused-ring (bicyclic) bond motifs is 1. The highest BCUT2D eigenvalue weighted by Crippen LogP contribution is 2.25. The van der Waals surface area contributed by atoms with Crippen LogP contribution in [0.3, 0.4) is 0 Å². The van der Waals surface area contributed by atoms with Crippen LogP contribution in [0, 0.1) is 6.92 Å². The van der Waals surface area contributed by atoms with Crippen LogP contribution < -0.4 is 5.32 Å². The summed E-state index contributed by atoms with van der Waals surface area (Å²) in [5, 5.41) is 4.89. The first-order valence-electron chi connectivity index (χ1n) is 6.63. The van der Waals surface area contributed by atoms with Gasteiger partial charge in [0, 0.05) is 30.1 Å². The third kappa shape index (κ3) is 2.16. The minimum absolute atomic E-state index is 0.614. The maximum Gasteiger partial charge on any atom is 0.134 e. The number of nitrogens with zero attached hydrogens (tertiary/aromatic N) is 1. The fourth-order valence-corrected chi connectivity index (χ4v) is 2.79. The molecule has 1 atom stereocenters. The molecule has 1 aromatic carbocycles. The Morgan fingerprint density at radius 2 is 2.22 bits per heavy atom. The van der Waals surface area contributed by atoms with E-state index in [1.807, 2.05) is 12.1 Å². The van der Waals surface area contributed by atoms with Gasteiger partial charge in [0.05, 0.1) is 0 Å². The summed E-state index contributed by atoms with van der Waals surface area (Å²) in [5.74, 6) is 1.04. The summed E-state index contributed by atoms with van der Waals surface area (Å²) in [6.07, 6.45) is 1.24. The molecule has 0 bridgehead atoms. The van der Waals surface area contributed by atoms with Crippen LogP contribution in [0.15, 0.2) is 28.7 Å². The Hall–Kier alpha value is -1.32. The predicted octanol–water partition coefficient (Wildman–Crippen LogP) is 2.53. The highest BCUT2D eigenvalue weighted by Gasteiger charge is 2.19. The van der Waals surface area contributed by atoms with Crippen molar-refractivity contribution in [3.63, 3.8) is 0 Å². The molecule has 1 N–H and O–H groups in total. The fraction of sp³-hybridized carbons (Fsp3) is 0.467. The molecule has 3 rings (SSSR count). The molecule has 0 saturated carbocycles. The topological polar surface area (TPSA) is 28.4 Å². The van der Waals surface area contributed by atoms with Crippen LogP contribution in [-0.4, -0.2) is 31.1 Å². The summed E-state index contributed by atoms with van der Waals surface area (Å²) in [6.45, 7) is 5.30. The highest BCUT2D eigenvalue weighted by molar-refractivity contribution is 5.82. The van der Waals surface area contributed by atoms with Crippen molar-refractivity contribution in [3.8, 4) is 0 Å². The molecule has 18 heavy (non-hydrogen) atoms. The first-order valence-corrected chi connectivity index (χ1v) is 6.63. The van der Waals surface area contributed by atoms with E-state index in [9.17, 15) is 0 Å². The number of likely N-dealkylation sites (tertiary alicyclic amines) is 1. The maximum atomic E-state index is 5.78. The Balaban J connectivity index is 1.76. The van der Waals surface area contributed by atoms with E-state index in [1.165, 1.54) is 23.9 Å². The largest absolute Gasteiger partial charge is 0.461 e. The van der Waals surface area contributed by atoms with E-state index >= 15 is 0 Å². The number of para-hydroxylation sites is 1. The molecule has 0 aliphatic carbocycles. The average Bonchev–Trinajstić information content (AvgIpc) is 2.90. The highest BCUT2D eigenvalue weighted by atomic mass is 16.3. The van der Waals surface area contributed by atoms with Gasteiger partial charge < -0.3 is 14.6 Å². The number of furan rings is 1. The zero-order valence-electron chi connectivity index (χ0n) is 11.1. The zero-order chi connectivity index (χ0) is 12.5. The van der Waals surface area contributed by atoms with Gasteiger partial charge in [-0.05, 0) is 33.0 Å². The van der Waals surface area contributed by atoms with E-state index in [4.69, 9.17) is 4.42 Å². The van der Waals surface area contributed by atoms with E-state index in [0.717, 1.165) is 24.4 Å². The van der Waals surface area contributed by atoms with E-state index in [2.05, 4.69) is 36.3 Å². The number of rotatable bonds is 3. The van der Waals surface area contributed by atoms with Crippen LogP contribution in [0.2, 0.25) is 0 Å². The van der Waals surface area contributed by atoms with Crippen molar-refractivity contribution in [1.29, 1.82) is 0 Å². The minimum Gasteiger partial charge on any atom is -0.461 e. The van der Waals surface area contributed by atoms with Gasteiger partial charge in [-0.25, -0.2) is 0 Å². The number of aryl methyl sites for hydroxylation is 1. The molecular weight excluding hydrogens is 224 g/mol. The lowest BCUT2D eigenvalue weighted by molar-refractivity contribution is 0.397. The van der Waals surface area contributed by atoms with Gasteiger partial charge in [0.15, 0.2) is 0 Å². The molecule has 3 heteroatoms. The molecule has 1 aliphatic rings. The van der Waals surface area contributed by atoms with Crippen LogP contribution in [-0.2, 0) is 6.54 Å². The number of benzene rings is 1. The van der Waals surface area contributed by atoms with Crippen LogP contribution in [0.25, 0.3) is 11.0 Å². The fourth-order valence-electron chi connectivity index (χ4n) is 2.79. The zero-order valence-corrected chi connectivity index (χ0v) is 11.1. The second-order valence-electron chi connectivity index (χ2n) is 5.26.